The van der Waals surface area contributed by atoms with Crippen LogP contribution < -0.4 is 25.0 Å². The van der Waals surface area contributed by atoms with Crippen LogP contribution in [0.3, 0.4) is 0 Å². The van der Waals surface area contributed by atoms with Crippen LogP contribution in [0.2, 0.25) is 5.02 Å². The van der Waals surface area contributed by atoms with Gasteiger partial charge in [-0.25, -0.2) is 14.1 Å². The van der Waals surface area contributed by atoms with Crippen LogP contribution in [0.15, 0.2) is 60.2 Å². The Morgan fingerprint density at radius 3 is 2.36 bits per heavy atom. The molecule has 1 heterocycles. The lowest BCUT2D eigenvalue weighted by atomic mass is 10.0. The van der Waals surface area contributed by atoms with Gasteiger partial charge < -0.3 is 14.8 Å². The van der Waals surface area contributed by atoms with E-state index < -0.39 is 36.2 Å². The maximum Gasteiger partial charge on any atom is 0.335 e. The molecule has 0 atom stereocenters. The zero-order chi connectivity index (χ0) is 28.3. The van der Waals surface area contributed by atoms with E-state index in [0.717, 1.165) is 16.0 Å². The molecule has 0 bridgehead atoms. The summed E-state index contributed by atoms with van der Waals surface area (Å²) in [5, 5.41) is 4.79. The van der Waals surface area contributed by atoms with Crippen LogP contribution in [0, 0.1) is 19.7 Å². The van der Waals surface area contributed by atoms with E-state index in [-0.39, 0.29) is 22.1 Å². The fourth-order valence-corrected chi connectivity index (χ4v) is 4.24. The van der Waals surface area contributed by atoms with Gasteiger partial charge in [0.15, 0.2) is 18.1 Å². The van der Waals surface area contributed by atoms with Crippen molar-refractivity contribution in [1.29, 1.82) is 0 Å². The summed E-state index contributed by atoms with van der Waals surface area (Å²) in [5.41, 5.74) is 2.41. The molecule has 0 saturated carbocycles. The van der Waals surface area contributed by atoms with Gasteiger partial charge in [-0.2, -0.15) is 0 Å². The van der Waals surface area contributed by atoms with E-state index in [9.17, 15) is 23.6 Å². The molecule has 5 amide bonds. The molecule has 39 heavy (non-hydrogen) atoms. The predicted octanol–water partition coefficient (Wildman–Crippen LogP) is 4.79. The summed E-state index contributed by atoms with van der Waals surface area (Å²) in [6.45, 7) is 3.23. The zero-order valence-electron chi connectivity index (χ0n) is 21.1. The molecular weight excluding hydrogens is 529 g/mol. The highest BCUT2D eigenvalue weighted by Crippen LogP contribution is 2.37. The normalized spacial score (nSPS) is 14.3. The lowest BCUT2D eigenvalue weighted by molar-refractivity contribution is -0.122. The summed E-state index contributed by atoms with van der Waals surface area (Å²) in [6, 6.07) is 12.5. The molecule has 1 saturated heterocycles. The number of hydrogen-bond donors (Lipinski definition) is 2. The van der Waals surface area contributed by atoms with Gasteiger partial charge in [-0.3, -0.25) is 19.7 Å². The first kappa shape index (κ1) is 27.3. The second-order valence-corrected chi connectivity index (χ2v) is 9.09. The van der Waals surface area contributed by atoms with E-state index in [0.29, 0.717) is 16.9 Å². The van der Waals surface area contributed by atoms with Gasteiger partial charge in [-0.15, -0.1) is 0 Å². The number of hydrogen-bond acceptors (Lipinski definition) is 6. The predicted molar refractivity (Wildman–Crippen MR) is 143 cm³/mol. The third-order valence-electron chi connectivity index (χ3n) is 5.60. The van der Waals surface area contributed by atoms with Crippen molar-refractivity contribution in [1.82, 2.24) is 5.32 Å². The lowest BCUT2D eigenvalue weighted by Crippen LogP contribution is -2.54. The van der Waals surface area contributed by atoms with Gasteiger partial charge in [-0.05, 0) is 85.1 Å². The highest BCUT2D eigenvalue weighted by Gasteiger charge is 2.37. The molecule has 1 aliphatic rings. The number of nitrogens with zero attached hydrogens (tertiary/aromatic N) is 1. The van der Waals surface area contributed by atoms with Gasteiger partial charge in [0.05, 0.1) is 17.8 Å². The molecular formula is C28H23ClFN3O6. The number of benzene rings is 3. The number of aryl methyl sites for hydroxylation is 2. The number of anilines is 2. The van der Waals surface area contributed by atoms with E-state index in [1.807, 2.05) is 19.9 Å². The molecule has 2 N–H and O–H groups in total. The fourth-order valence-electron chi connectivity index (χ4n) is 3.97. The minimum absolute atomic E-state index is 0.0432. The summed E-state index contributed by atoms with van der Waals surface area (Å²) in [5.74, 6) is -2.43. The topological polar surface area (TPSA) is 114 Å². The maximum atomic E-state index is 13.2. The highest BCUT2D eigenvalue weighted by atomic mass is 35.5. The first-order valence-corrected chi connectivity index (χ1v) is 12.0. The second-order valence-electron chi connectivity index (χ2n) is 8.68. The molecule has 11 heteroatoms. The lowest BCUT2D eigenvalue weighted by Gasteiger charge is -2.27. The van der Waals surface area contributed by atoms with E-state index in [1.165, 1.54) is 49.6 Å². The standard InChI is InChI=1S/C28H23ClFN3O6/c1-15-8-16(2)10-20(9-15)33-27(36)21(26(35)32-28(33)37)11-17-12-22(29)25(23(13-17)38-3)39-14-24(34)31-19-6-4-18(30)5-7-19/h4-13H,14H2,1-3H3,(H,31,34)(H,32,35,37)/b21-11+. The number of nitrogens with one attached hydrogen (secondary N) is 2. The summed E-state index contributed by atoms with van der Waals surface area (Å²) in [6.07, 6.45) is 1.28. The van der Waals surface area contributed by atoms with Gasteiger partial charge in [0.2, 0.25) is 0 Å². The van der Waals surface area contributed by atoms with Gasteiger partial charge in [0.1, 0.15) is 11.4 Å². The number of carbonyl (C=O) groups excluding carboxylic acids is 4. The van der Waals surface area contributed by atoms with Crippen molar-refractivity contribution in [2.45, 2.75) is 13.8 Å². The quantitative estimate of drug-likeness (QED) is 0.322. The average molecular weight is 552 g/mol. The number of methoxy groups -OCH3 is 1. The number of ether oxygens (including phenoxy) is 2. The van der Waals surface area contributed by atoms with Crippen molar-refractivity contribution in [3.8, 4) is 11.5 Å². The zero-order valence-corrected chi connectivity index (χ0v) is 21.9. The van der Waals surface area contributed by atoms with E-state index in [4.69, 9.17) is 21.1 Å². The number of imide groups is 2. The molecule has 1 aliphatic heterocycles. The van der Waals surface area contributed by atoms with Crippen molar-refractivity contribution in [3.63, 3.8) is 0 Å². The van der Waals surface area contributed by atoms with Crippen molar-refractivity contribution in [2.24, 2.45) is 0 Å². The van der Waals surface area contributed by atoms with Crippen LogP contribution >= 0.6 is 11.6 Å². The number of amides is 5. The Morgan fingerprint density at radius 1 is 1.05 bits per heavy atom. The molecule has 200 valence electrons. The molecule has 1 fully saturated rings. The van der Waals surface area contributed by atoms with Crippen LogP contribution in [0.4, 0.5) is 20.6 Å². The van der Waals surface area contributed by atoms with Gasteiger partial charge in [0.25, 0.3) is 17.7 Å². The number of barbiturate groups is 1. The van der Waals surface area contributed by atoms with Crippen LogP contribution in [0.5, 0.6) is 11.5 Å². The Morgan fingerprint density at radius 2 is 1.72 bits per heavy atom. The van der Waals surface area contributed by atoms with Crippen molar-refractivity contribution >= 4 is 52.8 Å². The molecule has 0 spiro atoms. The van der Waals surface area contributed by atoms with Gasteiger partial charge in [-0.1, -0.05) is 17.7 Å². The maximum absolute atomic E-state index is 13.2. The van der Waals surface area contributed by atoms with Crippen LogP contribution in [0.1, 0.15) is 16.7 Å². The summed E-state index contributed by atoms with van der Waals surface area (Å²) >= 11 is 6.39. The fraction of sp³-hybridized carbons (Fsp3) is 0.143. The Hall–Kier alpha value is -4.70. The van der Waals surface area contributed by atoms with E-state index in [1.54, 1.807) is 12.1 Å². The molecule has 0 aromatic heterocycles. The second kappa shape index (κ2) is 11.4. The molecule has 0 aliphatic carbocycles. The minimum Gasteiger partial charge on any atom is -0.493 e. The third-order valence-corrected chi connectivity index (χ3v) is 5.89. The molecule has 4 rings (SSSR count). The molecule has 3 aromatic carbocycles. The van der Waals surface area contributed by atoms with Crippen LogP contribution in [-0.2, 0) is 14.4 Å². The Labute approximate surface area is 228 Å². The smallest absolute Gasteiger partial charge is 0.335 e. The third kappa shape index (κ3) is 6.24. The summed E-state index contributed by atoms with van der Waals surface area (Å²) in [7, 11) is 1.35. The van der Waals surface area contributed by atoms with Crippen molar-refractivity contribution < 1.29 is 33.0 Å². The Kier molecular flexibility index (Phi) is 7.96. The minimum atomic E-state index is -0.862. The monoisotopic (exact) mass is 551 g/mol. The average Bonchev–Trinajstić information content (AvgIpc) is 2.86. The number of rotatable bonds is 7. The highest BCUT2D eigenvalue weighted by molar-refractivity contribution is 6.39. The largest absolute Gasteiger partial charge is 0.493 e. The summed E-state index contributed by atoms with van der Waals surface area (Å²) in [4.78, 5) is 51.5. The molecule has 3 aromatic rings. The van der Waals surface area contributed by atoms with E-state index >= 15 is 0 Å². The van der Waals surface area contributed by atoms with Crippen LogP contribution in [0.25, 0.3) is 6.08 Å². The number of halogens is 2. The first-order chi connectivity index (χ1) is 18.5. The SMILES string of the molecule is COc1cc(/C=C2\C(=O)NC(=O)N(c3cc(C)cc(C)c3)C2=O)cc(Cl)c1OCC(=O)Nc1ccc(F)cc1. The van der Waals surface area contributed by atoms with Crippen molar-refractivity contribution in [2.75, 3.05) is 23.9 Å². The van der Waals surface area contributed by atoms with Crippen LogP contribution in [-0.4, -0.2) is 37.5 Å². The summed E-state index contributed by atoms with van der Waals surface area (Å²) < 4.78 is 24.0. The first-order valence-electron chi connectivity index (χ1n) is 11.6. The molecule has 9 nitrogen and oxygen atoms in total. The Balaban J connectivity index is 1.57. The number of carbonyl (C=O) groups is 4. The Bertz CT molecular complexity index is 1500. The van der Waals surface area contributed by atoms with Gasteiger partial charge in [0, 0.05) is 5.69 Å². The number of urea groups is 1. The van der Waals surface area contributed by atoms with E-state index in [2.05, 4.69) is 10.6 Å². The molecule has 0 unspecified atom stereocenters. The van der Waals surface area contributed by atoms with Gasteiger partial charge >= 0.3 is 6.03 Å². The molecule has 0 radical (unpaired) electrons. The van der Waals surface area contributed by atoms with Crippen molar-refractivity contribution in [3.05, 3.63) is 87.7 Å².